The van der Waals surface area contributed by atoms with Crippen molar-refractivity contribution in [1.29, 1.82) is 0 Å². The number of aromatic nitrogens is 1. The van der Waals surface area contributed by atoms with Crippen LogP contribution < -0.4 is 15.7 Å². The van der Waals surface area contributed by atoms with Gasteiger partial charge in [-0.1, -0.05) is 18.2 Å². The topological polar surface area (TPSA) is 81.4 Å². The summed E-state index contributed by atoms with van der Waals surface area (Å²) in [5, 5.41) is 3.30. The van der Waals surface area contributed by atoms with Gasteiger partial charge in [0.2, 0.25) is 0 Å². The fourth-order valence-corrected chi connectivity index (χ4v) is 2.22. The summed E-state index contributed by atoms with van der Waals surface area (Å²) in [5.41, 5.74) is 0.414. The average Bonchev–Trinajstić information content (AvgIpc) is 2.59. The molecule has 6 nitrogen and oxygen atoms in total. The van der Waals surface area contributed by atoms with Gasteiger partial charge in [0, 0.05) is 24.3 Å². The van der Waals surface area contributed by atoms with Gasteiger partial charge in [0.05, 0.1) is 7.11 Å². The number of hydrogen-bond donors (Lipinski definition) is 1. The van der Waals surface area contributed by atoms with Gasteiger partial charge in [0.1, 0.15) is 5.56 Å². The number of nitrogens with one attached hydrogen (secondary N) is 1. The number of fused-ring (bicyclic) bond motifs is 1. The molecular weight excluding hydrogens is 296 g/mol. The lowest BCUT2D eigenvalue weighted by atomic mass is 10.1. The molecule has 0 unspecified atom stereocenters. The fraction of sp³-hybridized carbons (Fsp3) is 0.118. The average molecular weight is 310 g/mol. The maximum atomic E-state index is 12.2. The van der Waals surface area contributed by atoms with Crippen LogP contribution in [0.2, 0.25) is 0 Å². The Kier molecular flexibility index (Phi) is 4.05. The number of hydrogen-bond acceptors (Lipinski definition) is 5. The maximum Gasteiger partial charge on any atom is 0.349 e. The lowest BCUT2D eigenvalue weighted by Gasteiger charge is -2.07. The maximum absolute atomic E-state index is 12.2. The van der Waals surface area contributed by atoms with Crippen molar-refractivity contribution in [2.45, 2.75) is 6.54 Å². The normalized spacial score (nSPS) is 10.5. The van der Waals surface area contributed by atoms with Gasteiger partial charge in [0.25, 0.3) is 5.91 Å². The molecule has 3 aromatic rings. The van der Waals surface area contributed by atoms with E-state index in [-0.39, 0.29) is 12.1 Å². The Hall–Kier alpha value is -3.15. The van der Waals surface area contributed by atoms with Crippen molar-refractivity contribution in [2.75, 3.05) is 7.11 Å². The number of ether oxygens (including phenoxy) is 1. The summed E-state index contributed by atoms with van der Waals surface area (Å²) < 4.78 is 10.4. The minimum absolute atomic E-state index is 0.0466. The molecule has 0 spiro atoms. The Labute approximate surface area is 131 Å². The van der Waals surface area contributed by atoms with Crippen molar-refractivity contribution in [2.24, 2.45) is 0 Å². The number of benzene rings is 1. The summed E-state index contributed by atoms with van der Waals surface area (Å²) in [5.74, 6) is -0.0470. The van der Waals surface area contributed by atoms with E-state index in [0.29, 0.717) is 16.7 Å². The number of carbonyl (C=O) groups is 1. The molecule has 0 saturated heterocycles. The smallest absolute Gasteiger partial charge is 0.349 e. The highest BCUT2D eigenvalue weighted by Crippen LogP contribution is 2.24. The lowest BCUT2D eigenvalue weighted by molar-refractivity contribution is 0.0947. The molecule has 3 rings (SSSR count). The second-order valence-corrected chi connectivity index (χ2v) is 4.87. The second-order valence-electron chi connectivity index (χ2n) is 4.87. The first-order chi connectivity index (χ1) is 11.2. The van der Waals surface area contributed by atoms with E-state index < -0.39 is 11.5 Å². The first-order valence-electron chi connectivity index (χ1n) is 6.97. The van der Waals surface area contributed by atoms with Crippen molar-refractivity contribution in [3.63, 3.8) is 0 Å². The first-order valence-corrected chi connectivity index (χ1v) is 6.97. The minimum Gasteiger partial charge on any atom is -0.493 e. The number of para-hydroxylation sites is 1. The van der Waals surface area contributed by atoms with E-state index in [9.17, 15) is 9.59 Å². The van der Waals surface area contributed by atoms with E-state index in [2.05, 4.69) is 10.3 Å². The van der Waals surface area contributed by atoms with E-state index in [1.165, 1.54) is 13.2 Å². The number of pyridine rings is 1. The summed E-state index contributed by atoms with van der Waals surface area (Å²) in [6.45, 7) is 0.280. The summed E-state index contributed by atoms with van der Waals surface area (Å²) in [4.78, 5) is 28.2. The van der Waals surface area contributed by atoms with Crippen LogP contribution in [0.3, 0.4) is 0 Å². The van der Waals surface area contributed by atoms with Crippen LogP contribution in [0.5, 0.6) is 5.75 Å². The van der Waals surface area contributed by atoms with Crippen LogP contribution in [0, 0.1) is 0 Å². The van der Waals surface area contributed by atoms with Crippen molar-refractivity contribution in [3.05, 3.63) is 70.3 Å². The molecule has 1 N–H and O–H groups in total. The highest BCUT2D eigenvalue weighted by molar-refractivity contribution is 5.97. The molecular formula is C17H14N2O4. The lowest BCUT2D eigenvalue weighted by Crippen LogP contribution is -2.27. The Bertz CT molecular complexity index is 903. The van der Waals surface area contributed by atoms with Crippen molar-refractivity contribution < 1.29 is 13.9 Å². The van der Waals surface area contributed by atoms with E-state index in [4.69, 9.17) is 9.15 Å². The van der Waals surface area contributed by atoms with Crippen LogP contribution in [0.25, 0.3) is 11.0 Å². The van der Waals surface area contributed by atoms with Gasteiger partial charge < -0.3 is 14.5 Å². The van der Waals surface area contributed by atoms with E-state index >= 15 is 0 Å². The van der Waals surface area contributed by atoms with Gasteiger partial charge in [-0.25, -0.2) is 4.79 Å². The molecule has 116 valence electrons. The number of carbonyl (C=O) groups excluding carboxylic acids is 1. The molecule has 0 saturated carbocycles. The molecule has 0 aliphatic carbocycles. The Morgan fingerprint density at radius 1 is 1.30 bits per heavy atom. The van der Waals surface area contributed by atoms with Crippen molar-refractivity contribution in [1.82, 2.24) is 10.3 Å². The van der Waals surface area contributed by atoms with Gasteiger partial charge >= 0.3 is 5.63 Å². The van der Waals surface area contributed by atoms with Gasteiger partial charge in [-0.15, -0.1) is 0 Å². The molecule has 6 heteroatoms. The summed E-state index contributed by atoms with van der Waals surface area (Å²) in [6.07, 6.45) is 3.30. The molecule has 2 aromatic heterocycles. The predicted octanol–water partition coefficient (Wildman–Crippen LogP) is 2.13. The van der Waals surface area contributed by atoms with Crippen molar-refractivity contribution >= 4 is 16.9 Å². The fourth-order valence-electron chi connectivity index (χ4n) is 2.22. The standard InChI is InChI=1S/C17H14N2O4/c1-22-14-6-2-5-12-8-13(17(21)23-15(12)14)16(20)19-10-11-4-3-7-18-9-11/h2-9H,10H2,1H3,(H,19,20). The first kappa shape index (κ1) is 14.8. The van der Waals surface area contributed by atoms with E-state index in [1.807, 2.05) is 6.07 Å². The zero-order valence-electron chi connectivity index (χ0n) is 12.4. The summed E-state index contributed by atoms with van der Waals surface area (Å²) >= 11 is 0. The third-order valence-electron chi connectivity index (χ3n) is 3.36. The van der Waals surface area contributed by atoms with Crippen LogP contribution in [0.15, 0.2) is 58.0 Å². The molecule has 1 amide bonds. The largest absolute Gasteiger partial charge is 0.493 e. The van der Waals surface area contributed by atoms with Crippen LogP contribution in [-0.2, 0) is 6.54 Å². The van der Waals surface area contributed by atoms with Gasteiger partial charge in [-0.3, -0.25) is 9.78 Å². The molecule has 23 heavy (non-hydrogen) atoms. The predicted molar refractivity (Wildman–Crippen MR) is 84.4 cm³/mol. The Morgan fingerprint density at radius 3 is 2.91 bits per heavy atom. The number of methoxy groups -OCH3 is 1. The van der Waals surface area contributed by atoms with E-state index in [0.717, 1.165) is 5.56 Å². The molecule has 0 aliphatic heterocycles. The quantitative estimate of drug-likeness (QED) is 0.747. The monoisotopic (exact) mass is 310 g/mol. The van der Waals surface area contributed by atoms with Crippen molar-refractivity contribution in [3.8, 4) is 5.75 Å². The zero-order chi connectivity index (χ0) is 16.2. The van der Waals surface area contributed by atoms with Crippen LogP contribution in [0.1, 0.15) is 15.9 Å². The number of nitrogens with zero attached hydrogens (tertiary/aromatic N) is 1. The molecule has 0 radical (unpaired) electrons. The molecule has 0 bridgehead atoms. The number of amides is 1. The molecule has 0 aliphatic rings. The second kappa shape index (κ2) is 6.31. The van der Waals surface area contributed by atoms with Crippen LogP contribution in [0.4, 0.5) is 0 Å². The van der Waals surface area contributed by atoms with Gasteiger partial charge in [-0.05, 0) is 23.8 Å². The van der Waals surface area contributed by atoms with Crippen LogP contribution in [-0.4, -0.2) is 18.0 Å². The molecule has 0 fully saturated rings. The van der Waals surface area contributed by atoms with E-state index in [1.54, 1.807) is 36.7 Å². The Morgan fingerprint density at radius 2 is 2.17 bits per heavy atom. The molecule has 0 atom stereocenters. The minimum atomic E-state index is -0.703. The summed E-state index contributed by atoms with van der Waals surface area (Å²) in [7, 11) is 1.49. The summed E-state index contributed by atoms with van der Waals surface area (Å²) in [6, 6.07) is 10.3. The SMILES string of the molecule is COc1cccc2cc(C(=O)NCc3cccnc3)c(=O)oc12. The van der Waals surface area contributed by atoms with Gasteiger partial charge in [0.15, 0.2) is 11.3 Å². The third-order valence-corrected chi connectivity index (χ3v) is 3.36. The zero-order valence-corrected chi connectivity index (χ0v) is 12.4. The molecule has 2 heterocycles. The molecule has 1 aromatic carbocycles. The highest BCUT2D eigenvalue weighted by atomic mass is 16.5. The Balaban J connectivity index is 1.89. The van der Waals surface area contributed by atoms with Gasteiger partial charge in [-0.2, -0.15) is 0 Å². The third kappa shape index (κ3) is 3.06. The highest BCUT2D eigenvalue weighted by Gasteiger charge is 2.15. The van der Waals surface area contributed by atoms with Crippen LogP contribution >= 0.6 is 0 Å². The number of rotatable bonds is 4.